The van der Waals surface area contributed by atoms with Crippen LogP contribution in [0.15, 0.2) is 0 Å². The fourth-order valence-corrected chi connectivity index (χ4v) is 0.387. The van der Waals surface area contributed by atoms with Crippen LogP contribution in [0.25, 0.3) is 0 Å². The lowest BCUT2D eigenvalue weighted by Crippen LogP contribution is -2.32. The lowest BCUT2D eigenvalue weighted by Gasteiger charge is -1.99. The largest absolute Gasteiger partial charge is 0.481 e. The smallest absolute Gasteiger partial charge is 0.312 e. The molecule has 0 heterocycles. The molecule has 0 aromatic carbocycles. The number of carboxylic acid groups (broad SMARTS) is 1. The van der Waals surface area contributed by atoms with Crippen LogP contribution in [-0.4, -0.2) is 30.7 Å². The van der Waals surface area contributed by atoms with Gasteiger partial charge in [-0.2, -0.15) is 0 Å². The van der Waals surface area contributed by atoms with Crippen LogP contribution in [0.5, 0.6) is 0 Å². The van der Waals surface area contributed by atoms with Gasteiger partial charge in [-0.05, 0) is 7.05 Å². The topological polar surface area (TPSA) is 78.4 Å². The van der Waals surface area contributed by atoms with Crippen molar-refractivity contribution in [3.05, 3.63) is 0 Å². The summed E-state index contributed by atoms with van der Waals surface area (Å²) in [4.78, 5) is 20.4. The number of hydrogen-bond acceptors (Lipinski definition) is 3. The fourth-order valence-electron chi connectivity index (χ4n) is 0.387. The van der Waals surface area contributed by atoms with Gasteiger partial charge in [0.05, 0.1) is 6.67 Å². The summed E-state index contributed by atoms with van der Waals surface area (Å²) >= 11 is 0. The first-order chi connectivity index (χ1) is 4.66. The minimum absolute atomic E-state index is 0.298. The maximum absolute atomic E-state index is 10.5. The Hall–Kier alpha value is -1.10. The molecule has 58 valence electrons. The maximum Gasteiger partial charge on any atom is 0.312 e. The van der Waals surface area contributed by atoms with Gasteiger partial charge in [0.2, 0.25) is 5.91 Å². The minimum atomic E-state index is -1.12. The molecule has 0 aliphatic heterocycles. The van der Waals surface area contributed by atoms with Crippen molar-refractivity contribution in [2.45, 2.75) is 6.42 Å². The Labute approximate surface area is 58.4 Å². The Kier molecular flexibility index (Phi) is 4.23. The zero-order valence-electron chi connectivity index (χ0n) is 5.68. The Bertz CT molecular complexity index is 135. The summed E-state index contributed by atoms with van der Waals surface area (Å²) in [6, 6.07) is 0. The normalized spacial score (nSPS) is 8.90. The standard InChI is InChI=1S/C5H10N2O3/c1-6-3-7-4(8)2-5(9)10/h6H,2-3H2,1H3,(H,7,8)(H,9,10). The second-order valence-corrected chi connectivity index (χ2v) is 1.70. The van der Waals surface area contributed by atoms with Crippen LogP contribution in [0.4, 0.5) is 0 Å². The van der Waals surface area contributed by atoms with Gasteiger partial charge < -0.3 is 15.7 Å². The van der Waals surface area contributed by atoms with Crippen molar-refractivity contribution in [1.29, 1.82) is 0 Å². The average Bonchev–Trinajstić information content (AvgIpc) is 1.82. The first-order valence-electron chi connectivity index (χ1n) is 2.80. The predicted octanol–water partition coefficient (Wildman–Crippen LogP) is -1.25. The van der Waals surface area contributed by atoms with Crippen molar-refractivity contribution >= 4 is 11.9 Å². The summed E-state index contributed by atoms with van der Waals surface area (Å²) in [5, 5.41) is 13.1. The first-order valence-corrected chi connectivity index (χ1v) is 2.80. The van der Waals surface area contributed by atoms with Crippen LogP contribution in [0.2, 0.25) is 0 Å². The van der Waals surface area contributed by atoms with E-state index in [1.807, 2.05) is 0 Å². The van der Waals surface area contributed by atoms with Gasteiger partial charge >= 0.3 is 5.97 Å². The maximum atomic E-state index is 10.5. The third-order valence-corrected chi connectivity index (χ3v) is 0.774. The molecule has 3 N–H and O–H groups in total. The molecule has 0 spiro atoms. The molecule has 0 aromatic heterocycles. The van der Waals surface area contributed by atoms with Crippen molar-refractivity contribution in [2.75, 3.05) is 13.7 Å². The van der Waals surface area contributed by atoms with E-state index in [9.17, 15) is 9.59 Å². The molecule has 5 heteroatoms. The SMILES string of the molecule is CNCNC(=O)CC(=O)O. The molecule has 0 aromatic rings. The summed E-state index contributed by atoms with van der Waals surface area (Å²) in [6.07, 6.45) is -0.471. The highest BCUT2D eigenvalue weighted by Gasteiger charge is 2.04. The Morgan fingerprint density at radius 1 is 1.50 bits per heavy atom. The van der Waals surface area contributed by atoms with Gasteiger partial charge in [-0.25, -0.2) is 0 Å². The van der Waals surface area contributed by atoms with Crippen LogP contribution in [0.3, 0.4) is 0 Å². The van der Waals surface area contributed by atoms with Crippen molar-refractivity contribution < 1.29 is 14.7 Å². The second kappa shape index (κ2) is 4.75. The molecule has 0 rings (SSSR count). The lowest BCUT2D eigenvalue weighted by atomic mass is 10.4. The molecular weight excluding hydrogens is 136 g/mol. The predicted molar refractivity (Wildman–Crippen MR) is 34.3 cm³/mol. The van der Waals surface area contributed by atoms with Gasteiger partial charge in [-0.15, -0.1) is 0 Å². The molecule has 1 amide bonds. The Balaban J connectivity index is 3.35. The van der Waals surface area contributed by atoms with Gasteiger partial charge in [0, 0.05) is 0 Å². The molecule has 0 aliphatic carbocycles. The third-order valence-electron chi connectivity index (χ3n) is 0.774. The number of carbonyl (C=O) groups is 2. The molecular formula is C5H10N2O3. The molecule has 5 nitrogen and oxygen atoms in total. The van der Waals surface area contributed by atoms with Gasteiger partial charge in [0.1, 0.15) is 6.42 Å². The van der Waals surface area contributed by atoms with Crippen molar-refractivity contribution in [1.82, 2.24) is 10.6 Å². The van der Waals surface area contributed by atoms with E-state index < -0.39 is 18.3 Å². The number of carboxylic acids is 1. The lowest BCUT2D eigenvalue weighted by molar-refractivity contribution is -0.140. The molecule has 10 heavy (non-hydrogen) atoms. The first kappa shape index (κ1) is 8.90. The zero-order chi connectivity index (χ0) is 7.98. The van der Waals surface area contributed by atoms with Crippen LogP contribution in [-0.2, 0) is 9.59 Å². The third kappa shape index (κ3) is 5.04. The molecule has 0 fully saturated rings. The molecule has 0 aliphatic rings. The van der Waals surface area contributed by atoms with Crippen molar-refractivity contribution in [3.8, 4) is 0 Å². The van der Waals surface area contributed by atoms with E-state index in [2.05, 4.69) is 10.6 Å². The number of aliphatic carboxylic acids is 1. The second-order valence-electron chi connectivity index (χ2n) is 1.70. The van der Waals surface area contributed by atoms with Crippen molar-refractivity contribution in [2.24, 2.45) is 0 Å². The minimum Gasteiger partial charge on any atom is -0.481 e. The van der Waals surface area contributed by atoms with Gasteiger partial charge in [-0.1, -0.05) is 0 Å². The molecule has 0 bridgehead atoms. The van der Waals surface area contributed by atoms with Gasteiger partial charge in [-0.3, -0.25) is 9.59 Å². The monoisotopic (exact) mass is 146 g/mol. The highest BCUT2D eigenvalue weighted by Crippen LogP contribution is 1.76. The highest BCUT2D eigenvalue weighted by atomic mass is 16.4. The molecule has 0 radical (unpaired) electrons. The number of nitrogens with one attached hydrogen (secondary N) is 2. The average molecular weight is 146 g/mol. The summed E-state index contributed by atoms with van der Waals surface area (Å²) in [5.41, 5.74) is 0. The quantitative estimate of drug-likeness (QED) is 0.342. The van der Waals surface area contributed by atoms with Crippen LogP contribution in [0.1, 0.15) is 6.42 Å². The van der Waals surface area contributed by atoms with Crippen LogP contribution < -0.4 is 10.6 Å². The fraction of sp³-hybridized carbons (Fsp3) is 0.600. The number of hydrogen-bond donors (Lipinski definition) is 3. The zero-order valence-corrected chi connectivity index (χ0v) is 5.68. The number of amides is 1. The number of rotatable bonds is 4. The van der Waals surface area contributed by atoms with E-state index in [0.717, 1.165) is 0 Å². The van der Waals surface area contributed by atoms with Gasteiger partial charge in [0.25, 0.3) is 0 Å². The highest BCUT2D eigenvalue weighted by molar-refractivity contribution is 5.93. The van der Waals surface area contributed by atoms with Gasteiger partial charge in [0.15, 0.2) is 0 Å². The van der Waals surface area contributed by atoms with E-state index in [4.69, 9.17) is 5.11 Å². The molecule has 0 atom stereocenters. The number of carbonyl (C=O) groups excluding carboxylic acids is 1. The summed E-state index contributed by atoms with van der Waals surface area (Å²) in [7, 11) is 1.65. The Morgan fingerprint density at radius 3 is 2.50 bits per heavy atom. The summed E-state index contributed by atoms with van der Waals surface area (Å²) < 4.78 is 0. The molecule has 0 saturated heterocycles. The summed E-state index contributed by atoms with van der Waals surface area (Å²) in [6.45, 7) is 0.298. The van der Waals surface area contributed by atoms with E-state index in [1.54, 1.807) is 7.05 Å². The van der Waals surface area contributed by atoms with Crippen molar-refractivity contribution in [3.63, 3.8) is 0 Å². The molecule has 0 saturated carbocycles. The van der Waals surface area contributed by atoms with E-state index in [0.29, 0.717) is 6.67 Å². The van der Waals surface area contributed by atoms with E-state index >= 15 is 0 Å². The van der Waals surface area contributed by atoms with E-state index in [-0.39, 0.29) is 0 Å². The molecule has 0 unspecified atom stereocenters. The Morgan fingerprint density at radius 2 is 2.10 bits per heavy atom. The summed E-state index contributed by atoms with van der Waals surface area (Å²) in [5.74, 6) is -1.60. The van der Waals surface area contributed by atoms with Crippen LogP contribution in [0, 0.1) is 0 Å². The van der Waals surface area contributed by atoms with E-state index in [1.165, 1.54) is 0 Å². The van der Waals surface area contributed by atoms with Crippen LogP contribution >= 0.6 is 0 Å².